The van der Waals surface area contributed by atoms with Crippen LogP contribution < -0.4 is 5.32 Å². The summed E-state index contributed by atoms with van der Waals surface area (Å²) < 4.78 is 11.6. The Hall–Kier alpha value is -2.72. The number of furan rings is 2. The van der Waals surface area contributed by atoms with Gasteiger partial charge in [-0.15, -0.1) is 0 Å². The van der Waals surface area contributed by atoms with Gasteiger partial charge in [0.05, 0.1) is 18.2 Å². The Kier molecular flexibility index (Phi) is 2.58. The van der Waals surface area contributed by atoms with Crippen LogP contribution in [0.2, 0.25) is 0 Å². The Bertz CT molecular complexity index is 915. The Morgan fingerprint density at radius 1 is 0.913 bits per heavy atom. The topological polar surface area (TPSA) is 56.2 Å². The van der Waals surface area contributed by atoms with Crippen LogP contribution in [0.1, 0.15) is 22.8 Å². The van der Waals surface area contributed by atoms with E-state index in [1.54, 1.807) is 12.5 Å². The first-order valence-electron chi connectivity index (χ1n) is 7.76. The van der Waals surface area contributed by atoms with Crippen molar-refractivity contribution in [2.24, 2.45) is 0 Å². The Labute approximate surface area is 133 Å². The van der Waals surface area contributed by atoms with Crippen LogP contribution in [0.15, 0.2) is 69.9 Å². The Balaban J connectivity index is 1.88. The lowest BCUT2D eigenvalue weighted by Crippen LogP contribution is -2.44. The molecule has 0 saturated heterocycles. The molecule has 0 fully saturated rings. The van der Waals surface area contributed by atoms with Gasteiger partial charge in [-0.1, -0.05) is 18.2 Å². The summed E-state index contributed by atoms with van der Waals surface area (Å²) in [7, 11) is 0. The van der Waals surface area contributed by atoms with Crippen molar-refractivity contribution < 1.29 is 8.83 Å². The lowest BCUT2D eigenvalue weighted by atomic mass is 9.82. The molecule has 23 heavy (non-hydrogen) atoms. The van der Waals surface area contributed by atoms with Gasteiger partial charge in [-0.25, -0.2) is 5.32 Å². The fourth-order valence-corrected chi connectivity index (χ4v) is 3.68. The van der Waals surface area contributed by atoms with E-state index in [0.29, 0.717) is 0 Å². The third kappa shape index (κ3) is 1.64. The van der Waals surface area contributed by atoms with E-state index < -0.39 is 5.54 Å². The van der Waals surface area contributed by atoms with Crippen LogP contribution in [0.4, 0.5) is 0 Å². The summed E-state index contributed by atoms with van der Waals surface area (Å²) in [6, 6.07) is 16.1. The molecule has 1 N–H and O–H groups in total. The van der Waals surface area contributed by atoms with Crippen molar-refractivity contribution in [1.29, 1.82) is 0 Å². The number of nitrogens with zero attached hydrogens (tertiary/aromatic N) is 1. The van der Waals surface area contributed by atoms with E-state index in [2.05, 4.69) is 23.2 Å². The van der Waals surface area contributed by atoms with Gasteiger partial charge in [0.2, 0.25) is 0 Å². The second kappa shape index (κ2) is 4.64. The first-order chi connectivity index (χ1) is 11.4. The average molecular weight is 303 g/mol. The van der Waals surface area contributed by atoms with Gasteiger partial charge >= 0.3 is 0 Å². The zero-order chi connectivity index (χ0) is 15.3. The van der Waals surface area contributed by atoms with Gasteiger partial charge in [-0.05, 0) is 42.3 Å². The molecule has 0 saturated carbocycles. The molecule has 0 bridgehead atoms. The molecule has 0 aliphatic carbocycles. The molecule has 5 rings (SSSR count). The molecule has 3 aromatic heterocycles. The maximum absolute atomic E-state index is 5.78. The van der Waals surface area contributed by atoms with Crippen molar-refractivity contribution in [2.75, 3.05) is 6.54 Å². The highest BCUT2D eigenvalue weighted by molar-refractivity contribution is 5.86. The van der Waals surface area contributed by atoms with Crippen molar-refractivity contribution in [3.8, 4) is 0 Å². The molecule has 0 unspecified atom stereocenters. The Morgan fingerprint density at radius 2 is 1.65 bits per heavy atom. The van der Waals surface area contributed by atoms with Gasteiger partial charge in [0.25, 0.3) is 0 Å². The quantitative estimate of drug-likeness (QED) is 0.612. The van der Waals surface area contributed by atoms with Crippen LogP contribution in [0.25, 0.3) is 10.9 Å². The second-order valence-corrected chi connectivity index (χ2v) is 5.82. The minimum Gasteiger partial charge on any atom is -0.466 e. The molecule has 4 heteroatoms. The predicted molar refractivity (Wildman–Crippen MR) is 86.3 cm³/mol. The van der Waals surface area contributed by atoms with Crippen LogP contribution >= 0.6 is 0 Å². The zero-order valence-corrected chi connectivity index (χ0v) is 12.5. The molecule has 4 heterocycles. The standard InChI is InChI=1S/C19H15N2O2/c1-2-6-15-13(5-1)14-9-10-20-19(18(14)21-15,16-7-3-11-22-16)17-8-4-12-23-17/h1-8,11-12,21H,9-10H2. The molecular weight excluding hydrogens is 288 g/mol. The van der Waals surface area contributed by atoms with E-state index in [1.165, 1.54) is 10.9 Å². The second-order valence-electron chi connectivity index (χ2n) is 5.82. The Morgan fingerprint density at radius 3 is 2.35 bits per heavy atom. The maximum Gasteiger partial charge on any atom is 0.191 e. The number of aromatic nitrogens is 1. The molecule has 1 aromatic carbocycles. The first kappa shape index (κ1) is 12.8. The van der Waals surface area contributed by atoms with Crippen molar-refractivity contribution in [1.82, 2.24) is 10.3 Å². The maximum atomic E-state index is 5.78. The molecule has 1 aliphatic rings. The summed E-state index contributed by atoms with van der Waals surface area (Å²) in [5.74, 6) is 1.56. The number of rotatable bonds is 2. The molecule has 0 spiro atoms. The monoisotopic (exact) mass is 303 g/mol. The first-order valence-corrected chi connectivity index (χ1v) is 7.76. The van der Waals surface area contributed by atoms with E-state index >= 15 is 0 Å². The van der Waals surface area contributed by atoms with Crippen molar-refractivity contribution in [3.05, 3.63) is 83.8 Å². The predicted octanol–water partition coefficient (Wildman–Crippen LogP) is 3.81. The fraction of sp³-hybridized carbons (Fsp3) is 0.158. The number of hydrogen-bond donors (Lipinski definition) is 1. The number of fused-ring (bicyclic) bond motifs is 3. The third-order valence-corrected chi connectivity index (χ3v) is 4.64. The number of para-hydroxylation sites is 1. The van der Waals surface area contributed by atoms with Crippen LogP contribution in [0, 0.1) is 0 Å². The minimum atomic E-state index is -0.737. The van der Waals surface area contributed by atoms with Crippen LogP contribution in [0.5, 0.6) is 0 Å². The third-order valence-electron chi connectivity index (χ3n) is 4.64. The van der Waals surface area contributed by atoms with Crippen LogP contribution in [0.3, 0.4) is 0 Å². The highest BCUT2D eigenvalue weighted by Crippen LogP contribution is 2.43. The zero-order valence-electron chi connectivity index (χ0n) is 12.5. The van der Waals surface area contributed by atoms with Gasteiger partial charge in [-0.3, -0.25) is 0 Å². The van der Waals surface area contributed by atoms with Crippen molar-refractivity contribution in [3.63, 3.8) is 0 Å². The van der Waals surface area contributed by atoms with Crippen molar-refractivity contribution >= 4 is 10.9 Å². The molecule has 1 radical (unpaired) electrons. The summed E-state index contributed by atoms with van der Waals surface area (Å²) in [6.07, 6.45) is 4.29. The molecule has 0 amide bonds. The normalized spacial score (nSPS) is 16.5. The highest BCUT2D eigenvalue weighted by atomic mass is 16.3. The molecule has 113 valence electrons. The number of hydrogen-bond acceptors (Lipinski definition) is 2. The summed E-state index contributed by atoms with van der Waals surface area (Å²) in [4.78, 5) is 3.57. The summed E-state index contributed by atoms with van der Waals surface area (Å²) >= 11 is 0. The number of aromatic amines is 1. The van der Waals surface area contributed by atoms with E-state index in [1.807, 2.05) is 30.3 Å². The number of nitrogens with one attached hydrogen (secondary N) is 1. The van der Waals surface area contributed by atoms with Crippen LogP contribution in [-0.4, -0.2) is 11.5 Å². The summed E-state index contributed by atoms with van der Waals surface area (Å²) in [5, 5.41) is 6.21. The van der Waals surface area contributed by atoms with E-state index in [0.717, 1.165) is 35.7 Å². The van der Waals surface area contributed by atoms with E-state index in [4.69, 9.17) is 14.2 Å². The number of H-pyrrole nitrogens is 1. The molecule has 4 nitrogen and oxygen atoms in total. The highest BCUT2D eigenvalue weighted by Gasteiger charge is 2.47. The lowest BCUT2D eigenvalue weighted by Gasteiger charge is -2.33. The molecule has 1 aliphatic heterocycles. The van der Waals surface area contributed by atoms with Crippen molar-refractivity contribution in [2.45, 2.75) is 12.0 Å². The smallest absolute Gasteiger partial charge is 0.191 e. The summed E-state index contributed by atoms with van der Waals surface area (Å²) in [6.45, 7) is 0.732. The molecular formula is C19H15N2O2. The van der Waals surface area contributed by atoms with E-state index in [9.17, 15) is 0 Å². The summed E-state index contributed by atoms with van der Waals surface area (Å²) in [5.41, 5.74) is 2.73. The van der Waals surface area contributed by atoms with Gasteiger partial charge in [0, 0.05) is 17.4 Å². The van der Waals surface area contributed by atoms with E-state index in [-0.39, 0.29) is 0 Å². The lowest BCUT2D eigenvalue weighted by molar-refractivity contribution is 0.293. The average Bonchev–Trinajstić information content (AvgIpc) is 3.34. The fourth-order valence-electron chi connectivity index (χ4n) is 3.68. The molecule has 4 aromatic rings. The van der Waals surface area contributed by atoms with Crippen LogP contribution in [-0.2, 0) is 12.0 Å². The SMILES string of the molecule is c1coc(C2(c3ccco3)[N]CCc3c2[nH]c2ccccc32)c1. The van der Waals surface area contributed by atoms with Gasteiger partial charge in [-0.2, -0.15) is 0 Å². The molecule has 0 atom stereocenters. The number of benzene rings is 1. The van der Waals surface area contributed by atoms with Gasteiger partial charge < -0.3 is 13.8 Å². The minimum absolute atomic E-state index is 0.732. The largest absolute Gasteiger partial charge is 0.466 e. The van der Waals surface area contributed by atoms with Gasteiger partial charge in [0.1, 0.15) is 11.5 Å². The van der Waals surface area contributed by atoms with Gasteiger partial charge in [0.15, 0.2) is 5.54 Å².